The van der Waals surface area contributed by atoms with E-state index in [2.05, 4.69) is 20.1 Å². The lowest BCUT2D eigenvalue weighted by atomic mass is 10.1. The predicted octanol–water partition coefficient (Wildman–Crippen LogP) is 2.02. The van der Waals surface area contributed by atoms with E-state index in [0.29, 0.717) is 28.8 Å². The smallest absolute Gasteiger partial charge is 0.325 e. The average Bonchev–Trinajstić information content (AvgIpc) is 3.08. The molecule has 0 saturated carbocycles. The summed E-state index contributed by atoms with van der Waals surface area (Å²) >= 11 is 0. The molecule has 3 aromatic rings. The van der Waals surface area contributed by atoms with Gasteiger partial charge in [-0.05, 0) is 13.0 Å². The van der Waals surface area contributed by atoms with E-state index in [-0.39, 0.29) is 12.5 Å². The van der Waals surface area contributed by atoms with Crippen molar-refractivity contribution in [3.05, 3.63) is 48.2 Å². The summed E-state index contributed by atoms with van der Waals surface area (Å²) in [7, 11) is 1.28. The average molecular weight is 338 g/mol. The highest BCUT2D eigenvalue weighted by atomic mass is 16.5. The van der Waals surface area contributed by atoms with Crippen molar-refractivity contribution in [2.24, 2.45) is 0 Å². The molecule has 1 N–H and O–H groups in total. The van der Waals surface area contributed by atoms with Crippen molar-refractivity contribution in [2.75, 3.05) is 13.7 Å². The van der Waals surface area contributed by atoms with E-state index < -0.39 is 5.97 Å². The maximum absolute atomic E-state index is 12.6. The summed E-state index contributed by atoms with van der Waals surface area (Å²) in [5.74, 6) is -0.878. The fraction of sp³-hybridized carbons (Fsp3) is 0.222. The van der Waals surface area contributed by atoms with Gasteiger partial charge in [0.2, 0.25) is 0 Å². The van der Waals surface area contributed by atoms with Crippen LogP contribution in [0.4, 0.5) is 0 Å². The molecule has 128 valence electrons. The standard InChI is InChI=1S/C18H18N4O3/c1-3-22-17-14(10-20-22)13(18(24)19-11-16(23)25-2)9-15(21-17)12-7-5-4-6-8-12/h4-10H,3,11H2,1-2H3,(H,19,24). The Hall–Kier alpha value is -3.22. The quantitative estimate of drug-likeness (QED) is 0.719. The Balaban J connectivity index is 2.08. The first-order valence-electron chi connectivity index (χ1n) is 7.91. The van der Waals surface area contributed by atoms with E-state index >= 15 is 0 Å². The second kappa shape index (κ2) is 7.12. The van der Waals surface area contributed by atoms with Crippen LogP contribution in [0.2, 0.25) is 0 Å². The lowest BCUT2D eigenvalue weighted by Crippen LogP contribution is -2.30. The minimum absolute atomic E-state index is 0.193. The van der Waals surface area contributed by atoms with Crippen LogP contribution < -0.4 is 5.32 Å². The van der Waals surface area contributed by atoms with E-state index in [1.807, 2.05) is 37.3 Å². The molecule has 3 rings (SSSR count). The predicted molar refractivity (Wildman–Crippen MR) is 93.0 cm³/mol. The molecule has 0 unspecified atom stereocenters. The number of ether oxygens (including phenoxy) is 1. The van der Waals surface area contributed by atoms with Crippen molar-refractivity contribution in [1.82, 2.24) is 20.1 Å². The van der Waals surface area contributed by atoms with Crippen LogP contribution in [0.3, 0.4) is 0 Å². The summed E-state index contributed by atoms with van der Waals surface area (Å²) in [5.41, 5.74) is 2.63. The third kappa shape index (κ3) is 3.35. The van der Waals surface area contributed by atoms with Gasteiger partial charge in [0.05, 0.1) is 30.0 Å². The second-order valence-corrected chi connectivity index (χ2v) is 5.38. The molecule has 0 radical (unpaired) electrons. The van der Waals surface area contributed by atoms with E-state index in [4.69, 9.17) is 0 Å². The van der Waals surface area contributed by atoms with Gasteiger partial charge in [-0.25, -0.2) is 9.67 Å². The molecule has 2 aromatic heterocycles. The summed E-state index contributed by atoms with van der Waals surface area (Å²) < 4.78 is 6.29. The Kier molecular flexibility index (Phi) is 4.74. The molecular weight excluding hydrogens is 320 g/mol. The zero-order valence-corrected chi connectivity index (χ0v) is 14.0. The first-order valence-corrected chi connectivity index (χ1v) is 7.91. The summed E-state index contributed by atoms with van der Waals surface area (Å²) in [6.07, 6.45) is 1.62. The van der Waals surface area contributed by atoms with Crippen molar-refractivity contribution in [2.45, 2.75) is 13.5 Å². The Morgan fingerprint density at radius 1 is 1.24 bits per heavy atom. The molecule has 0 aliphatic rings. The molecule has 0 fully saturated rings. The van der Waals surface area contributed by atoms with Crippen molar-refractivity contribution >= 4 is 22.9 Å². The van der Waals surface area contributed by atoms with Crippen LogP contribution in [0, 0.1) is 0 Å². The number of carbonyl (C=O) groups excluding carboxylic acids is 2. The van der Waals surface area contributed by atoms with Crippen molar-refractivity contribution < 1.29 is 14.3 Å². The van der Waals surface area contributed by atoms with Crippen molar-refractivity contribution in [3.63, 3.8) is 0 Å². The number of benzene rings is 1. The number of hydrogen-bond donors (Lipinski definition) is 1. The number of methoxy groups -OCH3 is 1. The fourth-order valence-electron chi connectivity index (χ4n) is 2.54. The molecule has 0 atom stereocenters. The molecule has 0 spiro atoms. The van der Waals surface area contributed by atoms with Crippen LogP contribution in [0.5, 0.6) is 0 Å². The molecule has 25 heavy (non-hydrogen) atoms. The highest BCUT2D eigenvalue weighted by Gasteiger charge is 2.17. The minimum atomic E-state index is -0.508. The number of aromatic nitrogens is 3. The normalized spacial score (nSPS) is 10.6. The molecule has 1 amide bonds. The van der Waals surface area contributed by atoms with E-state index in [1.165, 1.54) is 7.11 Å². The molecule has 1 aromatic carbocycles. The molecule has 0 aliphatic heterocycles. The zero-order chi connectivity index (χ0) is 17.8. The van der Waals surface area contributed by atoms with Gasteiger partial charge in [0.1, 0.15) is 6.54 Å². The number of nitrogens with zero attached hydrogens (tertiary/aromatic N) is 3. The fourth-order valence-corrected chi connectivity index (χ4v) is 2.54. The van der Waals surface area contributed by atoms with Crippen LogP contribution in [0.1, 0.15) is 17.3 Å². The van der Waals surface area contributed by atoms with Gasteiger partial charge in [-0.1, -0.05) is 30.3 Å². The third-order valence-electron chi connectivity index (χ3n) is 3.84. The van der Waals surface area contributed by atoms with E-state index in [9.17, 15) is 9.59 Å². The maximum Gasteiger partial charge on any atom is 0.325 e. The number of hydrogen-bond acceptors (Lipinski definition) is 5. The monoisotopic (exact) mass is 338 g/mol. The summed E-state index contributed by atoms with van der Waals surface area (Å²) in [5, 5.41) is 7.50. The summed E-state index contributed by atoms with van der Waals surface area (Å²) in [6, 6.07) is 11.3. The number of aryl methyl sites for hydroxylation is 1. The topological polar surface area (TPSA) is 86.1 Å². The zero-order valence-electron chi connectivity index (χ0n) is 14.0. The van der Waals surface area contributed by atoms with Gasteiger partial charge in [-0.15, -0.1) is 0 Å². The molecular formula is C18H18N4O3. The van der Waals surface area contributed by atoms with Gasteiger partial charge in [0.15, 0.2) is 5.65 Å². The highest BCUT2D eigenvalue weighted by Crippen LogP contribution is 2.24. The van der Waals surface area contributed by atoms with Gasteiger partial charge in [0, 0.05) is 12.1 Å². The van der Waals surface area contributed by atoms with Gasteiger partial charge < -0.3 is 10.1 Å². The van der Waals surface area contributed by atoms with Crippen LogP contribution in [-0.2, 0) is 16.1 Å². The Morgan fingerprint density at radius 2 is 2.00 bits per heavy atom. The number of nitrogens with one attached hydrogen (secondary N) is 1. The number of rotatable bonds is 5. The van der Waals surface area contributed by atoms with Gasteiger partial charge >= 0.3 is 5.97 Å². The SMILES string of the molecule is CCn1ncc2c(C(=O)NCC(=O)OC)cc(-c3ccccc3)nc21. The number of amides is 1. The van der Waals surface area contributed by atoms with Crippen molar-refractivity contribution in [3.8, 4) is 11.3 Å². The lowest BCUT2D eigenvalue weighted by Gasteiger charge is -2.09. The highest BCUT2D eigenvalue weighted by molar-refractivity contribution is 6.07. The first kappa shape index (κ1) is 16.6. The largest absolute Gasteiger partial charge is 0.468 e. The number of esters is 1. The van der Waals surface area contributed by atoms with Crippen LogP contribution in [0.25, 0.3) is 22.3 Å². The molecule has 7 heteroatoms. The molecule has 0 aliphatic carbocycles. The molecule has 2 heterocycles. The summed E-state index contributed by atoms with van der Waals surface area (Å²) in [4.78, 5) is 28.5. The van der Waals surface area contributed by atoms with E-state index in [1.54, 1.807) is 16.9 Å². The lowest BCUT2D eigenvalue weighted by molar-refractivity contribution is -0.139. The number of fused-ring (bicyclic) bond motifs is 1. The van der Waals surface area contributed by atoms with Gasteiger partial charge in [-0.2, -0.15) is 5.10 Å². The maximum atomic E-state index is 12.6. The van der Waals surface area contributed by atoms with Gasteiger partial charge in [0.25, 0.3) is 5.91 Å². The number of pyridine rings is 1. The van der Waals surface area contributed by atoms with Crippen molar-refractivity contribution in [1.29, 1.82) is 0 Å². The Labute approximate surface area is 144 Å². The molecule has 7 nitrogen and oxygen atoms in total. The molecule has 0 bridgehead atoms. The molecule has 0 saturated heterocycles. The van der Waals surface area contributed by atoms with E-state index in [0.717, 1.165) is 5.56 Å². The van der Waals surface area contributed by atoms with Gasteiger partial charge in [-0.3, -0.25) is 9.59 Å². The second-order valence-electron chi connectivity index (χ2n) is 5.38. The minimum Gasteiger partial charge on any atom is -0.468 e. The van der Waals surface area contributed by atoms with Crippen LogP contribution in [-0.4, -0.2) is 40.3 Å². The summed E-state index contributed by atoms with van der Waals surface area (Å²) in [6.45, 7) is 2.40. The third-order valence-corrected chi connectivity index (χ3v) is 3.84. The van der Waals surface area contributed by atoms with Crippen LogP contribution >= 0.6 is 0 Å². The van der Waals surface area contributed by atoms with Crippen LogP contribution in [0.15, 0.2) is 42.6 Å². The number of carbonyl (C=O) groups is 2. The Morgan fingerprint density at radius 3 is 2.68 bits per heavy atom. The Bertz CT molecular complexity index is 919. The first-order chi connectivity index (χ1) is 12.1.